The van der Waals surface area contributed by atoms with E-state index in [9.17, 15) is 4.79 Å². The highest BCUT2D eigenvalue weighted by atomic mass is 16.5. The molecule has 0 fully saturated rings. The Kier molecular flexibility index (Phi) is 5.74. The molecule has 7 heteroatoms. The average Bonchev–Trinajstić information content (AvgIpc) is 2.60. The summed E-state index contributed by atoms with van der Waals surface area (Å²) in [5.74, 6) is 1.24. The number of benzene rings is 1. The molecule has 122 valence electrons. The van der Waals surface area contributed by atoms with Crippen LogP contribution in [0.1, 0.15) is 23.8 Å². The highest BCUT2D eigenvalue weighted by Gasteiger charge is 2.13. The Morgan fingerprint density at radius 1 is 1.22 bits per heavy atom. The van der Waals surface area contributed by atoms with E-state index in [2.05, 4.69) is 20.6 Å². The molecule has 2 rings (SSSR count). The summed E-state index contributed by atoms with van der Waals surface area (Å²) in [5.41, 5.74) is 0.780. The van der Waals surface area contributed by atoms with Crippen LogP contribution in [0, 0.1) is 0 Å². The Labute approximate surface area is 135 Å². The maximum Gasteiger partial charge on any atom is 0.274 e. The SMILES string of the molecule is CCCNc1nccc(C(=O)Nc2cc(OC)ccc2OC)n1. The fraction of sp³-hybridized carbons (Fsp3) is 0.312. The topological polar surface area (TPSA) is 85.4 Å². The van der Waals surface area contributed by atoms with Crippen molar-refractivity contribution in [1.82, 2.24) is 9.97 Å². The van der Waals surface area contributed by atoms with Crippen LogP contribution in [0.2, 0.25) is 0 Å². The summed E-state index contributed by atoms with van der Waals surface area (Å²) in [6.07, 6.45) is 2.49. The summed E-state index contributed by atoms with van der Waals surface area (Å²) in [7, 11) is 3.10. The predicted molar refractivity (Wildman–Crippen MR) is 88.3 cm³/mol. The van der Waals surface area contributed by atoms with Gasteiger partial charge in [-0.05, 0) is 24.6 Å². The Bertz CT molecular complexity index is 676. The van der Waals surface area contributed by atoms with Gasteiger partial charge >= 0.3 is 0 Å². The molecule has 0 aliphatic rings. The summed E-state index contributed by atoms with van der Waals surface area (Å²) in [6.45, 7) is 2.79. The molecule has 2 aromatic rings. The van der Waals surface area contributed by atoms with Crippen LogP contribution in [-0.4, -0.2) is 36.6 Å². The number of rotatable bonds is 7. The third-order valence-electron chi connectivity index (χ3n) is 3.08. The number of anilines is 2. The quantitative estimate of drug-likeness (QED) is 0.816. The molecule has 0 radical (unpaired) electrons. The van der Waals surface area contributed by atoms with Crippen LogP contribution in [0.15, 0.2) is 30.5 Å². The number of ether oxygens (including phenoxy) is 2. The van der Waals surface area contributed by atoms with Gasteiger partial charge in [-0.1, -0.05) is 6.92 Å². The van der Waals surface area contributed by atoms with Crippen molar-refractivity contribution in [1.29, 1.82) is 0 Å². The number of hydrogen-bond acceptors (Lipinski definition) is 6. The van der Waals surface area contributed by atoms with E-state index in [1.165, 1.54) is 7.11 Å². The maximum absolute atomic E-state index is 12.4. The molecule has 0 unspecified atom stereocenters. The van der Waals surface area contributed by atoms with Gasteiger partial charge in [-0.3, -0.25) is 4.79 Å². The molecule has 1 heterocycles. The molecule has 1 amide bonds. The van der Waals surface area contributed by atoms with E-state index in [4.69, 9.17) is 9.47 Å². The number of amides is 1. The molecule has 7 nitrogen and oxygen atoms in total. The van der Waals surface area contributed by atoms with E-state index in [-0.39, 0.29) is 11.6 Å². The fourth-order valence-electron chi connectivity index (χ4n) is 1.91. The minimum Gasteiger partial charge on any atom is -0.497 e. The van der Waals surface area contributed by atoms with Gasteiger partial charge < -0.3 is 20.1 Å². The zero-order valence-electron chi connectivity index (χ0n) is 13.4. The van der Waals surface area contributed by atoms with E-state index in [1.807, 2.05) is 6.92 Å². The molecular weight excluding hydrogens is 296 g/mol. The van der Waals surface area contributed by atoms with Crippen molar-refractivity contribution < 1.29 is 14.3 Å². The van der Waals surface area contributed by atoms with Crippen molar-refractivity contribution in [3.05, 3.63) is 36.2 Å². The van der Waals surface area contributed by atoms with Gasteiger partial charge in [-0.2, -0.15) is 0 Å². The average molecular weight is 316 g/mol. The number of carbonyl (C=O) groups is 1. The van der Waals surface area contributed by atoms with Crippen LogP contribution in [0.4, 0.5) is 11.6 Å². The van der Waals surface area contributed by atoms with Crippen molar-refractivity contribution in [2.45, 2.75) is 13.3 Å². The molecule has 0 bridgehead atoms. The van der Waals surface area contributed by atoms with Gasteiger partial charge in [0.15, 0.2) is 0 Å². The van der Waals surface area contributed by atoms with Crippen molar-refractivity contribution in [2.75, 3.05) is 31.4 Å². The monoisotopic (exact) mass is 316 g/mol. The van der Waals surface area contributed by atoms with Gasteiger partial charge in [0, 0.05) is 18.8 Å². The minimum absolute atomic E-state index is 0.267. The maximum atomic E-state index is 12.4. The highest BCUT2D eigenvalue weighted by Crippen LogP contribution is 2.29. The van der Waals surface area contributed by atoms with E-state index >= 15 is 0 Å². The van der Waals surface area contributed by atoms with Crippen LogP contribution in [0.3, 0.4) is 0 Å². The summed E-state index contributed by atoms with van der Waals surface area (Å²) < 4.78 is 10.4. The van der Waals surface area contributed by atoms with Gasteiger partial charge in [0.2, 0.25) is 5.95 Å². The third-order valence-corrected chi connectivity index (χ3v) is 3.08. The number of nitrogens with one attached hydrogen (secondary N) is 2. The summed E-state index contributed by atoms with van der Waals surface area (Å²) in [5, 5.41) is 5.82. The summed E-state index contributed by atoms with van der Waals surface area (Å²) in [6, 6.07) is 6.72. The summed E-state index contributed by atoms with van der Waals surface area (Å²) >= 11 is 0. The van der Waals surface area contributed by atoms with Gasteiger partial charge in [-0.15, -0.1) is 0 Å². The first-order valence-electron chi connectivity index (χ1n) is 7.28. The number of nitrogens with zero attached hydrogens (tertiary/aromatic N) is 2. The van der Waals surface area contributed by atoms with Gasteiger partial charge in [0.1, 0.15) is 17.2 Å². The van der Waals surface area contributed by atoms with Gasteiger partial charge in [-0.25, -0.2) is 9.97 Å². The van der Waals surface area contributed by atoms with Crippen molar-refractivity contribution in [2.24, 2.45) is 0 Å². The van der Waals surface area contributed by atoms with Crippen molar-refractivity contribution in [3.63, 3.8) is 0 Å². The second-order valence-corrected chi connectivity index (χ2v) is 4.71. The van der Waals surface area contributed by atoms with Crippen LogP contribution in [-0.2, 0) is 0 Å². The Morgan fingerprint density at radius 2 is 2.04 bits per heavy atom. The molecule has 0 saturated carbocycles. The molecule has 0 aliphatic heterocycles. The second kappa shape index (κ2) is 7.98. The largest absolute Gasteiger partial charge is 0.497 e. The standard InChI is InChI=1S/C16H20N4O3/c1-4-8-17-16-18-9-7-12(20-16)15(21)19-13-10-11(22-2)5-6-14(13)23-3/h5-7,9-10H,4,8H2,1-3H3,(H,19,21)(H,17,18,20). The van der Waals surface area contributed by atoms with Crippen LogP contribution in [0.25, 0.3) is 0 Å². The Morgan fingerprint density at radius 3 is 2.74 bits per heavy atom. The number of carbonyl (C=O) groups excluding carboxylic acids is 1. The molecule has 0 aliphatic carbocycles. The third kappa shape index (κ3) is 4.32. The molecule has 23 heavy (non-hydrogen) atoms. The lowest BCUT2D eigenvalue weighted by Crippen LogP contribution is -2.16. The second-order valence-electron chi connectivity index (χ2n) is 4.71. The molecule has 1 aromatic carbocycles. The van der Waals surface area contributed by atoms with E-state index in [0.717, 1.165) is 13.0 Å². The molecule has 0 spiro atoms. The first kappa shape index (κ1) is 16.5. The Hall–Kier alpha value is -2.83. The first-order chi connectivity index (χ1) is 11.2. The zero-order chi connectivity index (χ0) is 16.7. The lowest BCUT2D eigenvalue weighted by Gasteiger charge is -2.11. The molecule has 1 aromatic heterocycles. The van der Waals surface area contributed by atoms with Crippen LogP contribution < -0.4 is 20.1 Å². The molecule has 0 saturated heterocycles. The van der Waals surface area contributed by atoms with Gasteiger partial charge in [0.25, 0.3) is 5.91 Å². The molecular formula is C16H20N4O3. The van der Waals surface area contributed by atoms with E-state index in [1.54, 1.807) is 37.6 Å². The smallest absolute Gasteiger partial charge is 0.274 e. The lowest BCUT2D eigenvalue weighted by molar-refractivity contribution is 0.102. The normalized spacial score (nSPS) is 10.0. The highest BCUT2D eigenvalue weighted by molar-refractivity contribution is 6.03. The van der Waals surface area contributed by atoms with Gasteiger partial charge in [0.05, 0.1) is 19.9 Å². The fourth-order valence-corrected chi connectivity index (χ4v) is 1.91. The first-order valence-corrected chi connectivity index (χ1v) is 7.28. The lowest BCUT2D eigenvalue weighted by atomic mass is 10.2. The van der Waals surface area contributed by atoms with Crippen LogP contribution >= 0.6 is 0 Å². The van der Waals surface area contributed by atoms with E-state index in [0.29, 0.717) is 23.1 Å². The van der Waals surface area contributed by atoms with E-state index < -0.39 is 0 Å². The number of methoxy groups -OCH3 is 2. The number of aromatic nitrogens is 2. The van der Waals surface area contributed by atoms with Crippen molar-refractivity contribution in [3.8, 4) is 11.5 Å². The predicted octanol–water partition coefficient (Wildman–Crippen LogP) is 2.57. The Balaban J connectivity index is 2.18. The summed E-state index contributed by atoms with van der Waals surface area (Å²) in [4.78, 5) is 20.7. The zero-order valence-corrected chi connectivity index (χ0v) is 13.4. The molecule has 0 atom stereocenters. The van der Waals surface area contributed by atoms with Crippen LogP contribution in [0.5, 0.6) is 11.5 Å². The minimum atomic E-state index is -0.349. The number of hydrogen-bond donors (Lipinski definition) is 2. The molecule has 2 N–H and O–H groups in total. The van der Waals surface area contributed by atoms with Crippen molar-refractivity contribution >= 4 is 17.5 Å².